The normalized spacial score (nSPS) is 13.1. The van der Waals surface area contributed by atoms with Crippen molar-refractivity contribution in [2.45, 2.75) is 39.8 Å². The summed E-state index contributed by atoms with van der Waals surface area (Å²) in [7, 11) is 1.73. The maximum Gasteiger partial charge on any atom is 0.0728 e. The standard InChI is InChI=1S/C12H23N3O/c1-10(2)8-15-9-12(7-13-15)14-11(3)5-6-16-4/h7,9-11,14H,5-6,8H2,1-4H3. The van der Waals surface area contributed by atoms with Gasteiger partial charge < -0.3 is 10.1 Å². The number of hydrogen-bond donors (Lipinski definition) is 1. The van der Waals surface area contributed by atoms with Crippen LogP contribution in [0.1, 0.15) is 27.2 Å². The first-order valence-electron chi connectivity index (χ1n) is 5.89. The number of nitrogens with one attached hydrogen (secondary N) is 1. The first-order chi connectivity index (χ1) is 7.61. The van der Waals surface area contributed by atoms with Crippen molar-refractivity contribution in [1.82, 2.24) is 9.78 Å². The monoisotopic (exact) mass is 225 g/mol. The van der Waals surface area contributed by atoms with Gasteiger partial charge in [0.05, 0.1) is 11.9 Å². The Bertz CT molecular complexity index is 296. The Kier molecular flexibility index (Phi) is 5.32. The Hall–Kier alpha value is -1.03. The molecular formula is C12H23N3O. The van der Waals surface area contributed by atoms with E-state index in [4.69, 9.17) is 4.74 Å². The predicted octanol–water partition coefficient (Wildman–Crippen LogP) is 2.38. The summed E-state index contributed by atoms with van der Waals surface area (Å²) in [6, 6.07) is 0.414. The molecule has 4 heteroatoms. The van der Waals surface area contributed by atoms with Crippen molar-refractivity contribution in [3.05, 3.63) is 12.4 Å². The Balaban J connectivity index is 2.39. The van der Waals surface area contributed by atoms with E-state index in [0.29, 0.717) is 12.0 Å². The molecule has 1 aromatic heterocycles. The van der Waals surface area contributed by atoms with E-state index < -0.39 is 0 Å². The van der Waals surface area contributed by atoms with Crippen molar-refractivity contribution in [2.75, 3.05) is 19.0 Å². The predicted molar refractivity (Wildman–Crippen MR) is 66.6 cm³/mol. The van der Waals surface area contributed by atoms with Crippen LogP contribution in [0.5, 0.6) is 0 Å². The van der Waals surface area contributed by atoms with Gasteiger partial charge in [-0.25, -0.2) is 0 Å². The molecule has 0 radical (unpaired) electrons. The van der Waals surface area contributed by atoms with Gasteiger partial charge in [-0.3, -0.25) is 4.68 Å². The summed E-state index contributed by atoms with van der Waals surface area (Å²) in [5.41, 5.74) is 1.09. The van der Waals surface area contributed by atoms with Crippen molar-refractivity contribution < 1.29 is 4.74 Å². The highest BCUT2D eigenvalue weighted by molar-refractivity contribution is 5.38. The Labute approximate surface area is 98.0 Å². The third kappa shape index (κ3) is 4.66. The zero-order valence-electron chi connectivity index (χ0n) is 10.7. The fourth-order valence-corrected chi connectivity index (χ4v) is 1.56. The molecule has 1 N–H and O–H groups in total. The van der Waals surface area contributed by atoms with Gasteiger partial charge in [0.15, 0.2) is 0 Å². The Morgan fingerprint density at radius 3 is 2.81 bits per heavy atom. The number of anilines is 1. The first-order valence-corrected chi connectivity index (χ1v) is 5.89. The fraction of sp³-hybridized carbons (Fsp3) is 0.750. The number of ether oxygens (including phenoxy) is 1. The molecule has 4 nitrogen and oxygen atoms in total. The van der Waals surface area contributed by atoms with Gasteiger partial charge in [-0.15, -0.1) is 0 Å². The third-order valence-corrected chi connectivity index (χ3v) is 2.35. The minimum absolute atomic E-state index is 0.414. The molecule has 0 aromatic carbocycles. The van der Waals surface area contributed by atoms with Gasteiger partial charge in [0.1, 0.15) is 0 Å². The molecule has 1 aromatic rings. The molecule has 0 aliphatic rings. The van der Waals surface area contributed by atoms with E-state index >= 15 is 0 Å². The van der Waals surface area contributed by atoms with Crippen LogP contribution in [0.4, 0.5) is 5.69 Å². The van der Waals surface area contributed by atoms with E-state index in [2.05, 4.69) is 37.4 Å². The summed E-state index contributed by atoms with van der Waals surface area (Å²) in [5.74, 6) is 0.624. The Morgan fingerprint density at radius 1 is 1.44 bits per heavy atom. The van der Waals surface area contributed by atoms with Gasteiger partial charge in [0, 0.05) is 32.5 Å². The maximum atomic E-state index is 5.05. The lowest BCUT2D eigenvalue weighted by molar-refractivity contribution is 0.191. The lowest BCUT2D eigenvalue weighted by Crippen LogP contribution is -2.16. The van der Waals surface area contributed by atoms with Gasteiger partial charge in [0.2, 0.25) is 0 Å². The molecular weight excluding hydrogens is 202 g/mol. The number of methoxy groups -OCH3 is 1. The quantitative estimate of drug-likeness (QED) is 0.774. The number of rotatable bonds is 7. The zero-order valence-corrected chi connectivity index (χ0v) is 10.7. The van der Waals surface area contributed by atoms with Crippen LogP contribution in [0, 0.1) is 5.92 Å². The van der Waals surface area contributed by atoms with Gasteiger partial charge in [-0.2, -0.15) is 5.10 Å². The molecule has 1 rings (SSSR count). The van der Waals surface area contributed by atoms with E-state index in [1.54, 1.807) is 7.11 Å². The lowest BCUT2D eigenvalue weighted by Gasteiger charge is -2.12. The van der Waals surface area contributed by atoms with Crippen molar-refractivity contribution in [3.8, 4) is 0 Å². The van der Waals surface area contributed by atoms with Crippen LogP contribution in [0.2, 0.25) is 0 Å². The second kappa shape index (κ2) is 6.53. The Morgan fingerprint density at radius 2 is 2.19 bits per heavy atom. The molecule has 92 valence electrons. The van der Waals surface area contributed by atoms with Gasteiger partial charge in [-0.05, 0) is 19.3 Å². The van der Waals surface area contributed by atoms with Crippen LogP contribution >= 0.6 is 0 Å². The van der Waals surface area contributed by atoms with Crippen LogP contribution in [0.15, 0.2) is 12.4 Å². The molecule has 0 bridgehead atoms. The SMILES string of the molecule is COCCC(C)Nc1cnn(CC(C)C)c1. The molecule has 16 heavy (non-hydrogen) atoms. The first kappa shape index (κ1) is 13.0. The molecule has 0 saturated heterocycles. The molecule has 0 aliphatic heterocycles. The smallest absolute Gasteiger partial charge is 0.0728 e. The zero-order chi connectivity index (χ0) is 12.0. The summed E-state index contributed by atoms with van der Waals surface area (Å²) in [6.45, 7) is 8.28. The highest BCUT2D eigenvalue weighted by atomic mass is 16.5. The second-order valence-electron chi connectivity index (χ2n) is 4.67. The minimum atomic E-state index is 0.414. The van der Waals surface area contributed by atoms with Gasteiger partial charge in [0.25, 0.3) is 0 Å². The third-order valence-electron chi connectivity index (χ3n) is 2.35. The second-order valence-corrected chi connectivity index (χ2v) is 4.67. The van der Waals surface area contributed by atoms with Gasteiger partial charge >= 0.3 is 0 Å². The van der Waals surface area contributed by atoms with E-state index in [-0.39, 0.29) is 0 Å². The summed E-state index contributed by atoms with van der Waals surface area (Å²) in [4.78, 5) is 0. The molecule has 0 amide bonds. The molecule has 0 saturated carbocycles. The van der Waals surface area contributed by atoms with Crippen LogP contribution in [0.25, 0.3) is 0 Å². The largest absolute Gasteiger partial charge is 0.385 e. The number of aromatic nitrogens is 2. The molecule has 1 atom stereocenters. The topological polar surface area (TPSA) is 39.1 Å². The van der Waals surface area contributed by atoms with Crippen LogP contribution in [0.3, 0.4) is 0 Å². The molecule has 0 fully saturated rings. The van der Waals surface area contributed by atoms with E-state index in [1.807, 2.05) is 10.9 Å². The molecule has 1 unspecified atom stereocenters. The summed E-state index contributed by atoms with van der Waals surface area (Å²) in [5, 5.41) is 7.72. The average Bonchev–Trinajstić information content (AvgIpc) is 2.61. The van der Waals surface area contributed by atoms with Crippen molar-refractivity contribution >= 4 is 5.69 Å². The van der Waals surface area contributed by atoms with Gasteiger partial charge in [-0.1, -0.05) is 13.8 Å². The van der Waals surface area contributed by atoms with E-state index in [9.17, 15) is 0 Å². The minimum Gasteiger partial charge on any atom is -0.385 e. The average molecular weight is 225 g/mol. The van der Waals surface area contributed by atoms with Crippen LogP contribution in [-0.4, -0.2) is 29.5 Å². The summed E-state index contributed by atoms with van der Waals surface area (Å²) >= 11 is 0. The van der Waals surface area contributed by atoms with E-state index in [1.165, 1.54) is 0 Å². The molecule has 0 aliphatic carbocycles. The van der Waals surface area contributed by atoms with Crippen molar-refractivity contribution in [3.63, 3.8) is 0 Å². The van der Waals surface area contributed by atoms with Crippen molar-refractivity contribution in [2.24, 2.45) is 5.92 Å². The molecule has 0 spiro atoms. The molecule has 1 heterocycles. The summed E-state index contributed by atoms with van der Waals surface area (Å²) in [6.07, 6.45) is 4.95. The van der Waals surface area contributed by atoms with Crippen molar-refractivity contribution in [1.29, 1.82) is 0 Å². The number of hydrogen-bond acceptors (Lipinski definition) is 3. The summed E-state index contributed by atoms with van der Waals surface area (Å²) < 4.78 is 7.03. The maximum absolute atomic E-state index is 5.05. The fourth-order valence-electron chi connectivity index (χ4n) is 1.56. The number of nitrogens with zero attached hydrogens (tertiary/aromatic N) is 2. The highest BCUT2D eigenvalue weighted by Gasteiger charge is 2.04. The lowest BCUT2D eigenvalue weighted by atomic mass is 10.2. The van der Waals surface area contributed by atoms with Crippen LogP contribution in [-0.2, 0) is 11.3 Å². The van der Waals surface area contributed by atoms with Crippen LogP contribution < -0.4 is 5.32 Å². The highest BCUT2D eigenvalue weighted by Crippen LogP contribution is 2.09. The van der Waals surface area contributed by atoms with E-state index in [0.717, 1.165) is 25.3 Å².